The Morgan fingerprint density at radius 2 is 2.19 bits per heavy atom. The van der Waals surface area contributed by atoms with E-state index in [9.17, 15) is 14.7 Å². The minimum absolute atomic E-state index is 0.127. The number of para-hydroxylation sites is 1. The van der Waals surface area contributed by atoms with Crippen molar-refractivity contribution in [2.45, 2.75) is 25.8 Å². The van der Waals surface area contributed by atoms with Crippen LogP contribution in [0.15, 0.2) is 29.6 Å². The van der Waals surface area contributed by atoms with Crippen molar-refractivity contribution in [2.75, 3.05) is 4.90 Å². The van der Waals surface area contributed by atoms with Gasteiger partial charge in [-0.3, -0.25) is 9.69 Å². The van der Waals surface area contributed by atoms with Gasteiger partial charge >= 0.3 is 5.97 Å². The highest BCUT2D eigenvalue weighted by Crippen LogP contribution is 2.32. The Morgan fingerprint density at radius 1 is 1.43 bits per heavy atom. The van der Waals surface area contributed by atoms with Gasteiger partial charge in [-0.1, -0.05) is 18.2 Å². The second-order valence-electron chi connectivity index (χ2n) is 4.99. The van der Waals surface area contributed by atoms with Crippen LogP contribution in [0.1, 0.15) is 16.3 Å². The molecule has 21 heavy (non-hydrogen) atoms. The molecule has 1 aromatic heterocycles. The lowest BCUT2D eigenvalue weighted by Gasteiger charge is -2.22. The zero-order chi connectivity index (χ0) is 15.0. The first-order valence-electron chi connectivity index (χ1n) is 6.60. The zero-order valence-electron chi connectivity index (χ0n) is 11.4. The third-order valence-electron chi connectivity index (χ3n) is 3.53. The second kappa shape index (κ2) is 5.29. The van der Waals surface area contributed by atoms with E-state index in [1.807, 2.05) is 30.5 Å². The molecule has 1 aromatic carbocycles. The molecule has 1 N–H and O–H groups in total. The van der Waals surface area contributed by atoms with Gasteiger partial charge in [0.25, 0.3) is 0 Å². The Morgan fingerprint density at radius 3 is 2.86 bits per heavy atom. The van der Waals surface area contributed by atoms with Gasteiger partial charge in [0.05, 0.1) is 17.1 Å². The molecule has 3 rings (SSSR count). The number of hydrogen-bond acceptors (Lipinski definition) is 4. The maximum atomic E-state index is 12.5. The van der Waals surface area contributed by atoms with Crippen LogP contribution in [0.25, 0.3) is 0 Å². The monoisotopic (exact) mass is 302 g/mol. The number of anilines is 1. The third-order valence-corrected chi connectivity index (χ3v) is 4.35. The molecule has 0 aliphatic carbocycles. The second-order valence-corrected chi connectivity index (χ2v) is 6.05. The number of fused-ring (bicyclic) bond motifs is 1. The minimum atomic E-state index is -0.978. The fraction of sp³-hybridized carbons (Fsp3) is 0.267. The Balaban J connectivity index is 1.90. The van der Waals surface area contributed by atoms with E-state index in [1.165, 1.54) is 16.2 Å². The Labute approximate surface area is 125 Å². The van der Waals surface area contributed by atoms with Crippen molar-refractivity contribution in [3.8, 4) is 0 Å². The van der Waals surface area contributed by atoms with E-state index >= 15 is 0 Å². The molecule has 0 spiro atoms. The van der Waals surface area contributed by atoms with E-state index in [0.29, 0.717) is 17.8 Å². The molecule has 0 bridgehead atoms. The molecule has 5 nitrogen and oxygen atoms in total. The molecule has 2 aromatic rings. The highest BCUT2D eigenvalue weighted by Gasteiger charge is 2.38. The molecular weight excluding hydrogens is 288 g/mol. The number of carboxylic acid groups (broad SMARTS) is 1. The summed E-state index contributed by atoms with van der Waals surface area (Å²) in [7, 11) is 0. The summed E-state index contributed by atoms with van der Waals surface area (Å²) in [5.41, 5.74) is 2.28. The van der Waals surface area contributed by atoms with E-state index < -0.39 is 12.0 Å². The van der Waals surface area contributed by atoms with Gasteiger partial charge in [-0.2, -0.15) is 0 Å². The van der Waals surface area contributed by atoms with Crippen LogP contribution in [0.3, 0.4) is 0 Å². The first-order chi connectivity index (χ1) is 10.1. The summed E-state index contributed by atoms with van der Waals surface area (Å²) in [6, 6.07) is 6.51. The van der Waals surface area contributed by atoms with E-state index in [1.54, 1.807) is 6.07 Å². The van der Waals surface area contributed by atoms with Gasteiger partial charge < -0.3 is 5.11 Å². The Bertz CT molecular complexity index is 710. The number of hydrogen-bond donors (Lipinski definition) is 1. The van der Waals surface area contributed by atoms with E-state index in [4.69, 9.17) is 0 Å². The van der Waals surface area contributed by atoms with Crippen molar-refractivity contribution in [2.24, 2.45) is 0 Å². The molecule has 1 unspecified atom stereocenters. The van der Waals surface area contributed by atoms with Crippen LogP contribution < -0.4 is 4.90 Å². The van der Waals surface area contributed by atoms with Gasteiger partial charge in [0, 0.05) is 17.5 Å². The van der Waals surface area contributed by atoms with Crippen LogP contribution in [-0.4, -0.2) is 28.0 Å². The molecule has 1 amide bonds. The van der Waals surface area contributed by atoms with E-state index in [0.717, 1.165) is 10.6 Å². The maximum absolute atomic E-state index is 12.5. The van der Waals surface area contributed by atoms with Crippen LogP contribution in [0.2, 0.25) is 0 Å². The molecule has 2 heterocycles. The number of nitrogens with zero attached hydrogens (tertiary/aromatic N) is 2. The van der Waals surface area contributed by atoms with Crippen molar-refractivity contribution in [3.05, 3.63) is 45.9 Å². The summed E-state index contributed by atoms with van der Waals surface area (Å²) < 4.78 is 0. The fourth-order valence-electron chi connectivity index (χ4n) is 2.62. The molecule has 1 aliphatic heterocycles. The van der Waals surface area contributed by atoms with Crippen LogP contribution in [0.4, 0.5) is 5.69 Å². The van der Waals surface area contributed by atoms with Gasteiger partial charge in [-0.15, -0.1) is 11.3 Å². The number of carbonyl (C=O) groups excluding carboxylic acids is 1. The highest BCUT2D eigenvalue weighted by molar-refractivity contribution is 7.09. The number of aryl methyl sites for hydroxylation is 1. The number of rotatable bonds is 3. The molecule has 1 aliphatic rings. The lowest BCUT2D eigenvalue weighted by Crippen LogP contribution is -2.43. The number of thiazole rings is 1. The number of benzene rings is 1. The largest absolute Gasteiger partial charge is 0.480 e. The lowest BCUT2D eigenvalue weighted by molar-refractivity contribution is -0.139. The highest BCUT2D eigenvalue weighted by atomic mass is 32.1. The van der Waals surface area contributed by atoms with Crippen LogP contribution >= 0.6 is 11.3 Å². The lowest BCUT2D eigenvalue weighted by atomic mass is 10.1. The topological polar surface area (TPSA) is 70.5 Å². The van der Waals surface area contributed by atoms with Gasteiger partial charge in [0.2, 0.25) is 5.91 Å². The van der Waals surface area contributed by atoms with Crippen LogP contribution in [0, 0.1) is 6.92 Å². The van der Waals surface area contributed by atoms with Crippen LogP contribution in [-0.2, 0) is 22.4 Å². The number of carbonyl (C=O) groups is 2. The molecule has 0 radical (unpaired) electrons. The Kier molecular flexibility index (Phi) is 3.47. The third kappa shape index (κ3) is 2.54. The van der Waals surface area contributed by atoms with Crippen molar-refractivity contribution >= 4 is 28.9 Å². The predicted molar refractivity (Wildman–Crippen MR) is 79.6 cm³/mol. The van der Waals surface area contributed by atoms with Crippen molar-refractivity contribution < 1.29 is 14.7 Å². The quantitative estimate of drug-likeness (QED) is 0.942. The number of aromatic nitrogens is 1. The van der Waals surface area contributed by atoms with Gasteiger partial charge in [-0.05, 0) is 18.6 Å². The molecule has 0 saturated heterocycles. The number of aliphatic carboxylic acids is 1. The number of carboxylic acids is 1. The molecule has 6 heteroatoms. The predicted octanol–water partition coefficient (Wildman–Crippen LogP) is 2.04. The van der Waals surface area contributed by atoms with Gasteiger partial charge in [0.1, 0.15) is 6.04 Å². The SMILES string of the molecule is Cc1nc(CC(=O)N2c3ccccc3CC2C(=O)O)cs1. The van der Waals surface area contributed by atoms with Crippen molar-refractivity contribution in [3.63, 3.8) is 0 Å². The number of amides is 1. The van der Waals surface area contributed by atoms with Crippen LogP contribution in [0.5, 0.6) is 0 Å². The van der Waals surface area contributed by atoms with Gasteiger partial charge in [-0.25, -0.2) is 9.78 Å². The van der Waals surface area contributed by atoms with Gasteiger partial charge in [0.15, 0.2) is 0 Å². The fourth-order valence-corrected chi connectivity index (χ4v) is 3.23. The van der Waals surface area contributed by atoms with Crippen molar-refractivity contribution in [1.82, 2.24) is 4.98 Å². The molecule has 1 atom stereocenters. The first-order valence-corrected chi connectivity index (χ1v) is 7.48. The summed E-state index contributed by atoms with van der Waals surface area (Å²) in [5.74, 6) is -1.20. The van der Waals surface area contributed by atoms with Crippen molar-refractivity contribution in [1.29, 1.82) is 0 Å². The van der Waals surface area contributed by atoms with E-state index in [2.05, 4.69) is 4.98 Å². The summed E-state index contributed by atoms with van der Waals surface area (Å²) in [4.78, 5) is 29.6. The summed E-state index contributed by atoms with van der Waals surface area (Å²) in [6.45, 7) is 1.88. The molecular formula is C15H14N2O3S. The maximum Gasteiger partial charge on any atom is 0.327 e. The zero-order valence-corrected chi connectivity index (χ0v) is 12.3. The average molecular weight is 302 g/mol. The first kappa shape index (κ1) is 13.8. The molecule has 0 fully saturated rings. The average Bonchev–Trinajstić information content (AvgIpc) is 3.02. The smallest absolute Gasteiger partial charge is 0.327 e. The standard InChI is InChI=1S/C15H14N2O3S/c1-9-16-11(8-21-9)7-14(18)17-12-5-3-2-4-10(12)6-13(17)15(19)20/h2-5,8,13H,6-7H2,1H3,(H,19,20). The minimum Gasteiger partial charge on any atom is -0.480 e. The molecule has 0 saturated carbocycles. The molecule has 108 valence electrons. The summed E-state index contributed by atoms with van der Waals surface area (Å²) in [5, 5.41) is 12.1. The normalized spacial score (nSPS) is 16.8. The Hall–Kier alpha value is -2.21. The summed E-state index contributed by atoms with van der Waals surface area (Å²) in [6.07, 6.45) is 0.482. The van der Waals surface area contributed by atoms with E-state index in [-0.39, 0.29) is 12.3 Å². The summed E-state index contributed by atoms with van der Waals surface area (Å²) >= 11 is 1.48.